The largest absolute Gasteiger partial charge is 0.444 e. The molecule has 0 spiro atoms. The maximum atomic E-state index is 12.4. The van der Waals surface area contributed by atoms with E-state index in [-0.39, 0.29) is 24.6 Å². The predicted octanol–water partition coefficient (Wildman–Crippen LogP) is 1.54. The number of nitrogens with zero attached hydrogens (tertiary/aromatic N) is 2. The van der Waals surface area contributed by atoms with Crippen molar-refractivity contribution in [3.8, 4) is 0 Å². The SMILES string of the molecule is CC(C)N(CC1CCCN(CC(=O)NC(N)=O)C1)C(=O)OC(C)(C)C. The number of primary amides is 1. The molecule has 0 aromatic carbocycles. The van der Waals surface area contributed by atoms with E-state index in [0.29, 0.717) is 13.1 Å². The van der Waals surface area contributed by atoms with Gasteiger partial charge in [-0.25, -0.2) is 9.59 Å². The molecule has 0 saturated carbocycles. The first-order valence-electron chi connectivity index (χ1n) is 8.79. The molecule has 0 aliphatic carbocycles. The lowest BCUT2D eigenvalue weighted by Crippen LogP contribution is -2.49. The van der Waals surface area contributed by atoms with Gasteiger partial charge in [0, 0.05) is 19.1 Å². The van der Waals surface area contributed by atoms with Crippen LogP contribution in [0.5, 0.6) is 0 Å². The Labute approximate surface area is 150 Å². The van der Waals surface area contributed by atoms with Gasteiger partial charge in [0.15, 0.2) is 0 Å². The summed E-state index contributed by atoms with van der Waals surface area (Å²) in [5.74, 6) is -0.147. The van der Waals surface area contributed by atoms with Crippen molar-refractivity contribution in [3.63, 3.8) is 0 Å². The number of nitrogens with two attached hydrogens (primary N) is 1. The lowest BCUT2D eigenvalue weighted by atomic mass is 9.97. The Balaban J connectivity index is 2.61. The van der Waals surface area contributed by atoms with Gasteiger partial charge < -0.3 is 15.4 Å². The zero-order chi connectivity index (χ0) is 19.2. The van der Waals surface area contributed by atoms with Crippen molar-refractivity contribution in [2.24, 2.45) is 11.7 Å². The van der Waals surface area contributed by atoms with E-state index in [1.54, 1.807) is 4.90 Å². The van der Waals surface area contributed by atoms with Crippen LogP contribution in [0.1, 0.15) is 47.5 Å². The van der Waals surface area contributed by atoms with Gasteiger partial charge in [0.05, 0.1) is 6.54 Å². The second kappa shape index (κ2) is 9.03. The Kier molecular flexibility index (Phi) is 7.66. The third-order valence-corrected chi connectivity index (χ3v) is 3.94. The molecule has 4 amide bonds. The average Bonchev–Trinajstić information content (AvgIpc) is 2.41. The van der Waals surface area contributed by atoms with Gasteiger partial charge >= 0.3 is 12.1 Å². The van der Waals surface area contributed by atoms with Gasteiger partial charge in [-0.2, -0.15) is 0 Å². The summed E-state index contributed by atoms with van der Waals surface area (Å²) < 4.78 is 5.50. The van der Waals surface area contributed by atoms with Crippen LogP contribution in [0, 0.1) is 5.92 Å². The second-order valence-corrected chi connectivity index (χ2v) is 7.88. The molecular formula is C17H32N4O4. The smallest absolute Gasteiger partial charge is 0.410 e. The molecule has 1 aliphatic heterocycles. The maximum Gasteiger partial charge on any atom is 0.410 e. The minimum Gasteiger partial charge on any atom is -0.444 e. The fraction of sp³-hybridized carbons (Fsp3) is 0.824. The van der Waals surface area contributed by atoms with Crippen LogP contribution in [0.2, 0.25) is 0 Å². The first-order chi connectivity index (χ1) is 11.5. The third-order valence-electron chi connectivity index (χ3n) is 3.94. The molecule has 3 N–H and O–H groups in total. The number of ether oxygens (including phenoxy) is 1. The number of carbonyl (C=O) groups is 3. The molecule has 8 nitrogen and oxygen atoms in total. The van der Waals surface area contributed by atoms with E-state index in [9.17, 15) is 14.4 Å². The summed E-state index contributed by atoms with van der Waals surface area (Å²) in [6.07, 6.45) is 1.61. The second-order valence-electron chi connectivity index (χ2n) is 7.88. The van der Waals surface area contributed by atoms with Crippen LogP contribution in [-0.2, 0) is 9.53 Å². The van der Waals surface area contributed by atoms with Crippen LogP contribution in [0.4, 0.5) is 9.59 Å². The van der Waals surface area contributed by atoms with Crippen molar-refractivity contribution in [2.75, 3.05) is 26.2 Å². The molecular weight excluding hydrogens is 324 g/mol. The number of hydrogen-bond donors (Lipinski definition) is 2. The highest BCUT2D eigenvalue weighted by molar-refractivity contribution is 5.94. The van der Waals surface area contributed by atoms with Gasteiger partial charge in [-0.15, -0.1) is 0 Å². The lowest BCUT2D eigenvalue weighted by molar-refractivity contribution is -0.121. The Morgan fingerprint density at radius 2 is 1.96 bits per heavy atom. The van der Waals surface area contributed by atoms with Crippen LogP contribution < -0.4 is 11.1 Å². The number of carbonyl (C=O) groups excluding carboxylic acids is 3. The fourth-order valence-corrected chi connectivity index (χ4v) is 2.92. The standard InChI is InChI=1S/C17H32N4O4/c1-12(2)21(16(24)25-17(3,4)5)10-13-7-6-8-20(9-13)11-14(22)19-15(18)23/h12-13H,6-11H2,1-5H3,(H3,18,19,22,23). The molecule has 1 heterocycles. The molecule has 1 saturated heterocycles. The van der Waals surface area contributed by atoms with Crippen LogP contribution in [0.25, 0.3) is 0 Å². The van der Waals surface area contributed by atoms with Crippen molar-refractivity contribution >= 4 is 18.0 Å². The Hall–Kier alpha value is -1.83. The van der Waals surface area contributed by atoms with Crippen LogP contribution in [-0.4, -0.2) is 65.7 Å². The molecule has 8 heteroatoms. The molecule has 25 heavy (non-hydrogen) atoms. The van der Waals surface area contributed by atoms with Gasteiger partial charge in [0.2, 0.25) is 5.91 Å². The Bertz CT molecular complexity index is 488. The summed E-state index contributed by atoms with van der Waals surface area (Å²) in [5.41, 5.74) is 4.43. The molecule has 0 radical (unpaired) electrons. The maximum absolute atomic E-state index is 12.4. The number of amides is 4. The number of likely N-dealkylation sites (tertiary alicyclic amines) is 1. The van der Waals surface area contributed by atoms with Crippen LogP contribution >= 0.6 is 0 Å². The van der Waals surface area contributed by atoms with Crippen LogP contribution in [0.15, 0.2) is 0 Å². The lowest BCUT2D eigenvalue weighted by Gasteiger charge is -2.37. The molecule has 144 valence electrons. The van der Waals surface area contributed by atoms with Crippen molar-refractivity contribution in [3.05, 3.63) is 0 Å². The van der Waals surface area contributed by atoms with Crippen LogP contribution in [0.3, 0.4) is 0 Å². The van der Waals surface area contributed by atoms with Crippen molar-refractivity contribution < 1.29 is 19.1 Å². The molecule has 1 rings (SSSR count). The van der Waals surface area contributed by atoms with Crippen molar-refractivity contribution in [2.45, 2.75) is 59.1 Å². The number of rotatable bonds is 5. The molecule has 0 aromatic rings. The van der Waals surface area contributed by atoms with E-state index < -0.39 is 17.5 Å². The van der Waals surface area contributed by atoms with E-state index in [0.717, 1.165) is 19.4 Å². The molecule has 1 aliphatic rings. The van der Waals surface area contributed by atoms with Crippen molar-refractivity contribution in [1.29, 1.82) is 0 Å². The van der Waals surface area contributed by atoms with Gasteiger partial charge in [-0.1, -0.05) is 0 Å². The van der Waals surface area contributed by atoms with E-state index in [2.05, 4.69) is 5.32 Å². The monoisotopic (exact) mass is 356 g/mol. The molecule has 1 fully saturated rings. The molecule has 0 aromatic heterocycles. The molecule has 1 atom stereocenters. The zero-order valence-electron chi connectivity index (χ0n) is 16.0. The summed E-state index contributed by atoms with van der Waals surface area (Å²) in [6, 6.07) is -0.808. The summed E-state index contributed by atoms with van der Waals surface area (Å²) >= 11 is 0. The number of piperidine rings is 1. The normalized spacial score (nSPS) is 18.7. The first-order valence-corrected chi connectivity index (χ1v) is 8.79. The number of urea groups is 1. The Morgan fingerprint density at radius 1 is 1.32 bits per heavy atom. The quantitative estimate of drug-likeness (QED) is 0.777. The predicted molar refractivity (Wildman–Crippen MR) is 95.0 cm³/mol. The first kappa shape index (κ1) is 21.2. The fourth-order valence-electron chi connectivity index (χ4n) is 2.92. The molecule has 0 bridgehead atoms. The average molecular weight is 356 g/mol. The number of hydrogen-bond acceptors (Lipinski definition) is 5. The minimum atomic E-state index is -0.838. The van der Waals surface area contributed by atoms with Gasteiger partial charge in [0.25, 0.3) is 0 Å². The number of imide groups is 1. The number of nitrogens with one attached hydrogen (secondary N) is 1. The summed E-state index contributed by atoms with van der Waals surface area (Å²) in [7, 11) is 0. The van der Waals surface area contributed by atoms with Gasteiger partial charge in [0.1, 0.15) is 5.60 Å². The highest BCUT2D eigenvalue weighted by Crippen LogP contribution is 2.20. The highest BCUT2D eigenvalue weighted by Gasteiger charge is 2.29. The Morgan fingerprint density at radius 3 is 2.48 bits per heavy atom. The molecule has 1 unspecified atom stereocenters. The van der Waals surface area contributed by atoms with E-state index in [1.807, 2.05) is 39.5 Å². The highest BCUT2D eigenvalue weighted by atomic mass is 16.6. The summed E-state index contributed by atoms with van der Waals surface area (Å²) in [5, 5.41) is 2.08. The topological polar surface area (TPSA) is 105 Å². The van der Waals surface area contributed by atoms with E-state index in [1.165, 1.54) is 0 Å². The van der Waals surface area contributed by atoms with E-state index in [4.69, 9.17) is 10.5 Å². The third kappa shape index (κ3) is 8.20. The summed E-state index contributed by atoms with van der Waals surface area (Å²) in [6.45, 7) is 11.7. The van der Waals surface area contributed by atoms with Crippen molar-refractivity contribution in [1.82, 2.24) is 15.1 Å². The van der Waals surface area contributed by atoms with Gasteiger partial charge in [-0.05, 0) is 59.9 Å². The summed E-state index contributed by atoms with van der Waals surface area (Å²) in [4.78, 5) is 38.6. The minimum absolute atomic E-state index is 0.0309. The van der Waals surface area contributed by atoms with Gasteiger partial charge in [-0.3, -0.25) is 15.0 Å². The zero-order valence-corrected chi connectivity index (χ0v) is 16.0. The van der Waals surface area contributed by atoms with E-state index >= 15 is 0 Å².